The van der Waals surface area contributed by atoms with Gasteiger partial charge in [0, 0.05) is 10.7 Å². The van der Waals surface area contributed by atoms with Crippen molar-refractivity contribution in [3.8, 4) is 0 Å². The van der Waals surface area contributed by atoms with Crippen molar-refractivity contribution in [3.63, 3.8) is 0 Å². The summed E-state index contributed by atoms with van der Waals surface area (Å²) in [5.41, 5.74) is 0.789. The van der Waals surface area contributed by atoms with Gasteiger partial charge in [0.2, 0.25) is 0 Å². The Morgan fingerprint density at radius 2 is 1.86 bits per heavy atom. The third-order valence-electron chi connectivity index (χ3n) is 2.58. The maximum atomic E-state index is 5.88. The van der Waals surface area contributed by atoms with Crippen LogP contribution in [-0.2, 0) is 5.41 Å². The number of benzene rings is 1. The van der Waals surface area contributed by atoms with Gasteiger partial charge in [-0.1, -0.05) is 34.8 Å². The highest BCUT2D eigenvalue weighted by molar-refractivity contribution is 7.06. The SMILES string of the molecule is CC(C)(C)c1nc(Nc2ccc(Cl)cc2)s[n+]1C=C(Cl)Cl. The number of anilines is 2. The normalized spacial score (nSPS) is 11.3. The Labute approximate surface area is 143 Å². The minimum absolute atomic E-state index is 0.129. The van der Waals surface area contributed by atoms with E-state index in [0.717, 1.165) is 16.6 Å². The molecule has 0 aliphatic rings. The Morgan fingerprint density at radius 1 is 1.24 bits per heavy atom. The van der Waals surface area contributed by atoms with Crippen LogP contribution in [0.5, 0.6) is 0 Å². The molecule has 0 spiro atoms. The number of nitrogens with one attached hydrogen (secondary N) is 1. The van der Waals surface area contributed by atoms with Crippen molar-refractivity contribution in [1.29, 1.82) is 0 Å². The van der Waals surface area contributed by atoms with Crippen molar-refractivity contribution < 1.29 is 3.96 Å². The van der Waals surface area contributed by atoms with Crippen molar-refractivity contribution in [3.05, 3.63) is 39.6 Å². The molecule has 1 aromatic carbocycles. The molecule has 0 amide bonds. The van der Waals surface area contributed by atoms with Gasteiger partial charge >= 0.3 is 11.0 Å². The summed E-state index contributed by atoms with van der Waals surface area (Å²) < 4.78 is 2.06. The second-order valence-corrected chi connectivity index (χ2v) is 7.87. The molecule has 0 radical (unpaired) electrons. The summed E-state index contributed by atoms with van der Waals surface area (Å²) in [5.74, 6) is 0.878. The van der Waals surface area contributed by atoms with Gasteiger partial charge in [-0.15, -0.1) is 3.96 Å². The average Bonchev–Trinajstić information content (AvgIpc) is 2.74. The lowest BCUT2D eigenvalue weighted by molar-refractivity contribution is -0.509. The quantitative estimate of drug-likeness (QED) is 0.744. The predicted octanol–water partition coefficient (Wildman–Crippen LogP) is 5.36. The van der Waals surface area contributed by atoms with E-state index in [-0.39, 0.29) is 9.91 Å². The summed E-state index contributed by atoms with van der Waals surface area (Å²) >= 11 is 18.9. The van der Waals surface area contributed by atoms with Gasteiger partial charge in [-0.25, -0.2) is 0 Å². The van der Waals surface area contributed by atoms with Gasteiger partial charge in [-0.2, -0.15) is 0 Å². The van der Waals surface area contributed by atoms with E-state index < -0.39 is 0 Å². The highest BCUT2D eigenvalue weighted by atomic mass is 35.5. The minimum atomic E-state index is -0.129. The molecule has 0 bridgehead atoms. The Kier molecular flexibility index (Phi) is 5.15. The van der Waals surface area contributed by atoms with Crippen LogP contribution in [0.25, 0.3) is 6.20 Å². The van der Waals surface area contributed by atoms with Crippen LogP contribution >= 0.6 is 46.3 Å². The molecule has 1 N–H and O–H groups in total. The lowest BCUT2D eigenvalue weighted by atomic mass is 9.96. The topological polar surface area (TPSA) is 28.8 Å². The molecule has 0 fully saturated rings. The zero-order chi connectivity index (χ0) is 15.6. The van der Waals surface area contributed by atoms with E-state index in [1.807, 2.05) is 28.2 Å². The highest BCUT2D eigenvalue weighted by Crippen LogP contribution is 2.25. The minimum Gasteiger partial charge on any atom is -0.308 e. The lowest BCUT2D eigenvalue weighted by Crippen LogP contribution is -2.34. The van der Waals surface area contributed by atoms with Gasteiger partial charge in [0.05, 0.1) is 5.41 Å². The fraction of sp³-hybridized carbons (Fsp3) is 0.286. The standard InChI is InChI=1S/C14H14Cl3N3S/c1-14(2,3)12-19-13(21-20(12)8-11(16)17)18-10-6-4-9(15)5-7-10/h4-8H,1-3H3/p+1. The molecule has 1 aromatic heterocycles. The van der Waals surface area contributed by atoms with Crippen molar-refractivity contribution >= 4 is 63.4 Å². The number of halogens is 3. The first kappa shape index (κ1) is 16.6. The van der Waals surface area contributed by atoms with Crippen molar-refractivity contribution in [1.82, 2.24) is 4.98 Å². The summed E-state index contributed by atoms with van der Waals surface area (Å²) in [5, 5.41) is 4.70. The summed E-state index contributed by atoms with van der Waals surface area (Å²) in [6.07, 6.45) is 1.65. The van der Waals surface area contributed by atoms with Crippen LogP contribution < -0.4 is 9.27 Å². The summed E-state index contributed by atoms with van der Waals surface area (Å²) in [7, 11) is 0. The number of aromatic nitrogens is 2. The Balaban J connectivity index is 2.35. The van der Waals surface area contributed by atoms with E-state index in [4.69, 9.17) is 34.8 Å². The molecular weight excluding hydrogens is 349 g/mol. The van der Waals surface area contributed by atoms with Crippen LogP contribution in [0.15, 0.2) is 28.8 Å². The summed E-state index contributed by atoms with van der Waals surface area (Å²) in [6.45, 7) is 6.25. The first-order valence-corrected chi connectivity index (χ1v) is 8.15. The van der Waals surface area contributed by atoms with E-state index in [9.17, 15) is 0 Å². The number of hydrogen-bond acceptors (Lipinski definition) is 3. The van der Waals surface area contributed by atoms with Crippen molar-refractivity contribution in [2.45, 2.75) is 26.2 Å². The molecule has 0 saturated heterocycles. The Bertz CT molecular complexity index is 653. The summed E-state index contributed by atoms with van der Waals surface area (Å²) in [6, 6.07) is 7.45. The zero-order valence-electron chi connectivity index (χ0n) is 11.8. The lowest BCUT2D eigenvalue weighted by Gasteiger charge is -2.08. The molecule has 0 aliphatic carbocycles. The monoisotopic (exact) mass is 362 g/mol. The Hall–Kier alpha value is -0.810. The molecule has 0 unspecified atom stereocenters. The molecule has 2 aromatic rings. The maximum absolute atomic E-state index is 5.88. The van der Waals surface area contributed by atoms with E-state index in [1.165, 1.54) is 11.5 Å². The van der Waals surface area contributed by atoms with Crippen LogP contribution in [0.1, 0.15) is 26.6 Å². The fourth-order valence-electron chi connectivity index (χ4n) is 1.68. The molecular formula is C14H15Cl3N3S+. The molecule has 3 nitrogen and oxygen atoms in total. The fourth-order valence-corrected chi connectivity index (χ4v) is 3.16. The first-order valence-electron chi connectivity index (χ1n) is 6.24. The third kappa shape index (κ3) is 4.58. The second kappa shape index (κ2) is 6.53. The van der Waals surface area contributed by atoms with Crippen LogP contribution in [0.4, 0.5) is 10.8 Å². The molecule has 1 heterocycles. The van der Waals surface area contributed by atoms with Crippen molar-refractivity contribution in [2.24, 2.45) is 0 Å². The Morgan fingerprint density at radius 3 is 2.38 bits per heavy atom. The number of nitrogens with zero attached hydrogens (tertiary/aromatic N) is 2. The number of rotatable bonds is 3. The average molecular weight is 364 g/mol. The molecule has 0 saturated carbocycles. The molecule has 2 rings (SSSR count). The van der Waals surface area contributed by atoms with Gasteiger partial charge in [0.25, 0.3) is 0 Å². The van der Waals surface area contributed by atoms with Crippen molar-refractivity contribution in [2.75, 3.05) is 5.32 Å². The largest absolute Gasteiger partial charge is 0.339 e. The molecule has 0 aliphatic heterocycles. The van der Waals surface area contributed by atoms with Gasteiger partial charge < -0.3 is 5.32 Å². The maximum Gasteiger partial charge on any atom is 0.339 e. The van der Waals surface area contributed by atoms with Crippen LogP contribution in [0.2, 0.25) is 5.02 Å². The zero-order valence-corrected chi connectivity index (χ0v) is 14.9. The second-order valence-electron chi connectivity index (χ2n) is 5.46. The van der Waals surface area contributed by atoms with Crippen LogP contribution in [-0.4, -0.2) is 4.98 Å². The van der Waals surface area contributed by atoms with E-state index >= 15 is 0 Å². The highest BCUT2D eigenvalue weighted by Gasteiger charge is 2.32. The van der Waals surface area contributed by atoms with Gasteiger partial charge in [-0.05, 0) is 50.0 Å². The molecule has 7 heteroatoms. The molecule has 21 heavy (non-hydrogen) atoms. The third-order valence-corrected chi connectivity index (χ3v) is 3.87. The predicted molar refractivity (Wildman–Crippen MR) is 91.7 cm³/mol. The smallest absolute Gasteiger partial charge is 0.308 e. The van der Waals surface area contributed by atoms with E-state index in [1.54, 1.807) is 6.20 Å². The summed E-state index contributed by atoms with van der Waals surface area (Å²) in [4.78, 5) is 4.63. The van der Waals surface area contributed by atoms with E-state index in [2.05, 4.69) is 31.1 Å². The van der Waals surface area contributed by atoms with Gasteiger partial charge in [0.15, 0.2) is 0 Å². The number of hydrogen-bond donors (Lipinski definition) is 1. The van der Waals surface area contributed by atoms with Gasteiger partial charge in [0.1, 0.15) is 22.2 Å². The molecule has 112 valence electrons. The molecule has 0 atom stereocenters. The van der Waals surface area contributed by atoms with Crippen LogP contribution in [0, 0.1) is 0 Å². The van der Waals surface area contributed by atoms with Gasteiger partial charge in [-0.3, -0.25) is 0 Å². The van der Waals surface area contributed by atoms with Crippen LogP contribution in [0.3, 0.4) is 0 Å². The first-order chi connectivity index (χ1) is 9.75. The van der Waals surface area contributed by atoms with E-state index in [0.29, 0.717) is 5.02 Å².